The summed E-state index contributed by atoms with van der Waals surface area (Å²) in [6.07, 6.45) is 1.87. The van der Waals surface area contributed by atoms with Gasteiger partial charge in [-0.3, -0.25) is 14.9 Å². The highest BCUT2D eigenvalue weighted by Gasteiger charge is 2.25. The molecule has 28 heavy (non-hydrogen) atoms. The zero-order valence-electron chi connectivity index (χ0n) is 14.7. The lowest BCUT2D eigenvalue weighted by molar-refractivity contribution is -0.384. The second-order valence-corrected chi connectivity index (χ2v) is 7.30. The summed E-state index contributed by atoms with van der Waals surface area (Å²) in [5.41, 5.74) is 2.51. The van der Waals surface area contributed by atoms with E-state index in [1.165, 1.54) is 23.9 Å². The van der Waals surface area contributed by atoms with Gasteiger partial charge in [0.25, 0.3) is 5.69 Å². The molecule has 0 fully saturated rings. The molecular weight excluding hydrogens is 374 g/mol. The molecule has 6 heteroatoms. The monoisotopic (exact) mass is 389 g/mol. The Kier molecular flexibility index (Phi) is 4.95. The number of nitro groups is 1. The van der Waals surface area contributed by atoms with Crippen molar-refractivity contribution in [2.45, 2.75) is 11.5 Å². The molecule has 0 atom stereocenters. The molecule has 0 spiro atoms. The van der Waals surface area contributed by atoms with Gasteiger partial charge in [0.1, 0.15) is 12.4 Å². The van der Waals surface area contributed by atoms with Crippen LogP contribution in [0.15, 0.2) is 82.6 Å². The van der Waals surface area contributed by atoms with Gasteiger partial charge >= 0.3 is 0 Å². The smallest absolute Gasteiger partial charge is 0.269 e. The van der Waals surface area contributed by atoms with Gasteiger partial charge in [0, 0.05) is 22.6 Å². The van der Waals surface area contributed by atoms with E-state index in [9.17, 15) is 14.9 Å². The maximum absolute atomic E-state index is 12.5. The van der Waals surface area contributed by atoms with Gasteiger partial charge in [-0.05, 0) is 53.6 Å². The quantitative estimate of drug-likeness (QED) is 0.327. The van der Waals surface area contributed by atoms with E-state index >= 15 is 0 Å². The summed E-state index contributed by atoms with van der Waals surface area (Å²) in [5, 5.41) is 10.7. The Labute approximate surface area is 165 Å². The van der Waals surface area contributed by atoms with Gasteiger partial charge in [0.05, 0.1) is 9.83 Å². The molecule has 0 saturated heterocycles. The molecule has 0 radical (unpaired) electrons. The average molecular weight is 389 g/mol. The van der Waals surface area contributed by atoms with Crippen molar-refractivity contribution < 1.29 is 14.5 Å². The van der Waals surface area contributed by atoms with Crippen LogP contribution in [0.25, 0.3) is 6.08 Å². The molecule has 0 aliphatic carbocycles. The highest BCUT2D eigenvalue weighted by atomic mass is 32.2. The molecule has 1 aliphatic rings. The third-order valence-corrected chi connectivity index (χ3v) is 5.38. The number of carbonyl (C=O) groups is 1. The number of ketones is 1. The zero-order chi connectivity index (χ0) is 19.5. The predicted octanol–water partition coefficient (Wildman–Crippen LogP) is 5.50. The van der Waals surface area contributed by atoms with E-state index in [0.29, 0.717) is 17.3 Å². The Bertz CT molecular complexity index is 1090. The lowest BCUT2D eigenvalue weighted by Gasteiger charge is -2.07. The summed E-state index contributed by atoms with van der Waals surface area (Å²) in [6, 6.07) is 21.3. The third kappa shape index (κ3) is 3.82. The van der Waals surface area contributed by atoms with Gasteiger partial charge in [-0.2, -0.15) is 0 Å². The summed E-state index contributed by atoms with van der Waals surface area (Å²) >= 11 is 1.47. The molecule has 0 saturated carbocycles. The van der Waals surface area contributed by atoms with Gasteiger partial charge in [-0.15, -0.1) is 0 Å². The molecule has 5 nitrogen and oxygen atoms in total. The number of rotatable bonds is 5. The number of fused-ring (bicyclic) bond motifs is 1. The number of Topliss-reactive ketones (excluding diaryl/α,β-unsaturated/α-hetero) is 1. The van der Waals surface area contributed by atoms with Crippen LogP contribution in [0.2, 0.25) is 0 Å². The molecular formula is C22H15NO4S. The Morgan fingerprint density at radius 2 is 1.79 bits per heavy atom. The van der Waals surface area contributed by atoms with Crippen molar-refractivity contribution in [2.75, 3.05) is 0 Å². The zero-order valence-corrected chi connectivity index (χ0v) is 15.5. The Morgan fingerprint density at radius 1 is 1.00 bits per heavy atom. The maximum Gasteiger partial charge on any atom is 0.269 e. The minimum absolute atomic E-state index is 0.0396. The van der Waals surface area contributed by atoms with Crippen molar-refractivity contribution in [2.24, 2.45) is 0 Å². The minimum Gasteiger partial charge on any atom is -0.489 e. The first-order chi connectivity index (χ1) is 13.6. The molecule has 1 aliphatic heterocycles. The molecule has 0 aromatic heterocycles. The van der Waals surface area contributed by atoms with Crippen molar-refractivity contribution in [3.63, 3.8) is 0 Å². The van der Waals surface area contributed by atoms with Crippen LogP contribution >= 0.6 is 11.8 Å². The highest BCUT2D eigenvalue weighted by molar-refractivity contribution is 8.04. The molecule has 1 heterocycles. The van der Waals surface area contributed by atoms with E-state index in [2.05, 4.69) is 0 Å². The fourth-order valence-corrected chi connectivity index (χ4v) is 3.91. The van der Waals surface area contributed by atoms with Gasteiger partial charge in [-0.1, -0.05) is 36.0 Å². The number of thioether (sulfide) groups is 1. The number of nitrogens with zero attached hydrogens (tertiary/aromatic N) is 1. The number of benzene rings is 3. The summed E-state index contributed by atoms with van der Waals surface area (Å²) in [4.78, 5) is 24.4. The van der Waals surface area contributed by atoms with E-state index in [0.717, 1.165) is 21.6 Å². The number of carbonyl (C=O) groups excluding carboxylic acids is 1. The lowest BCUT2D eigenvalue weighted by atomic mass is 10.1. The van der Waals surface area contributed by atoms with Gasteiger partial charge in [0.15, 0.2) is 0 Å². The first-order valence-corrected chi connectivity index (χ1v) is 9.41. The Morgan fingerprint density at radius 3 is 2.54 bits per heavy atom. The Balaban J connectivity index is 1.46. The second kappa shape index (κ2) is 7.70. The topological polar surface area (TPSA) is 69.4 Å². The van der Waals surface area contributed by atoms with Gasteiger partial charge in [-0.25, -0.2) is 0 Å². The van der Waals surface area contributed by atoms with Crippen LogP contribution in [0, 0.1) is 10.1 Å². The van der Waals surface area contributed by atoms with Crippen LogP contribution in [-0.4, -0.2) is 10.7 Å². The number of non-ortho nitro benzene ring substituents is 1. The standard InChI is InChI=1S/C22H15NO4S/c24-22-19-6-1-2-7-20(19)28-21(22)13-16-4-3-5-18(12-16)27-14-15-8-10-17(11-9-15)23(25)26/h1-13H,14H2. The van der Waals surface area contributed by atoms with Crippen molar-refractivity contribution >= 4 is 29.3 Å². The fraction of sp³-hybridized carbons (Fsp3) is 0.0455. The highest BCUT2D eigenvalue weighted by Crippen LogP contribution is 2.40. The number of hydrogen-bond donors (Lipinski definition) is 0. The fourth-order valence-electron chi connectivity index (χ4n) is 2.86. The van der Waals surface area contributed by atoms with E-state index in [1.54, 1.807) is 12.1 Å². The lowest BCUT2D eigenvalue weighted by Crippen LogP contribution is -1.96. The van der Waals surface area contributed by atoms with E-state index in [4.69, 9.17) is 4.74 Å². The second-order valence-electron chi connectivity index (χ2n) is 6.22. The minimum atomic E-state index is -0.428. The molecule has 0 unspecified atom stereocenters. The summed E-state index contributed by atoms with van der Waals surface area (Å²) in [5.74, 6) is 0.707. The maximum atomic E-state index is 12.5. The van der Waals surface area contributed by atoms with E-state index in [-0.39, 0.29) is 11.5 Å². The number of allylic oxidation sites excluding steroid dienone is 1. The SMILES string of the molecule is O=C1C(=Cc2cccc(OCc3ccc([N+](=O)[O-])cc3)c2)Sc2ccccc21. The Hall–Kier alpha value is -3.38. The van der Waals surface area contributed by atoms with Crippen molar-refractivity contribution in [1.82, 2.24) is 0 Å². The van der Waals surface area contributed by atoms with Crippen molar-refractivity contribution in [3.8, 4) is 5.75 Å². The van der Waals surface area contributed by atoms with Crippen molar-refractivity contribution in [3.05, 3.63) is 105 Å². The van der Waals surface area contributed by atoms with Crippen LogP contribution in [-0.2, 0) is 6.61 Å². The predicted molar refractivity (Wildman–Crippen MR) is 108 cm³/mol. The molecule has 138 valence electrons. The normalized spacial score (nSPS) is 14.1. The first kappa shape index (κ1) is 18.0. The first-order valence-electron chi connectivity index (χ1n) is 8.59. The number of ether oxygens (including phenoxy) is 1. The summed E-state index contributed by atoms with van der Waals surface area (Å²) in [7, 11) is 0. The van der Waals surface area contributed by atoms with Crippen LogP contribution in [0.4, 0.5) is 5.69 Å². The number of nitro benzene ring substituents is 1. The van der Waals surface area contributed by atoms with E-state index < -0.39 is 4.92 Å². The third-order valence-electron chi connectivity index (χ3n) is 4.28. The number of hydrogen-bond acceptors (Lipinski definition) is 5. The van der Waals surface area contributed by atoms with Gasteiger partial charge in [0.2, 0.25) is 5.78 Å². The largest absolute Gasteiger partial charge is 0.489 e. The molecule has 0 N–H and O–H groups in total. The molecule has 4 rings (SSSR count). The van der Waals surface area contributed by atoms with Crippen LogP contribution in [0.3, 0.4) is 0 Å². The van der Waals surface area contributed by atoms with Crippen LogP contribution in [0.1, 0.15) is 21.5 Å². The van der Waals surface area contributed by atoms with Crippen LogP contribution in [0.5, 0.6) is 5.75 Å². The van der Waals surface area contributed by atoms with Crippen LogP contribution < -0.4 is 4.74 Å². The molecule has 0 bridgehead atoms. The van der Waals surface area contributed by atoms with E-state index in [1.807, 2.05) is 54.6 Å². The molecule has 3 aromatic carbocycles. The molecule has 0 amide bonds. The van der Waals surface area contributed by atoms with Crippen molar-refractivity contribution in [1.29, 1.82) is 0 Å². The summed E-state index contributed by atoms with van der Waals surface area (Å²) < 4.78 is 5.80. The molecule has 3 aromatic rings. The average Bonchev–Trinajstić information content (AvgIpc) is 3.03. The van der Waals surface area contributed by atoms with Gasteiger partial charge < -0.3 is 4.74 Å². The summed E-state index contributed by atoms with van der Waals surface area (Å²) in [6.45, 7) is 0.303.